The van der Waals surface area contributed by atoms with Gasteiger partial charge in [0.15, 0.2) is 0 Å². The van der Waals surface area contributed by atoms with Crippen LogP contribution in [-0.2, 0) is 4.79 Å². The zero-order valence-electron chi connectivity index (χ0n) is 14.7. The number of aryl methyl sites for hydroxylation is 1. The van der Waals surface area contributed by atoms with Crippen LogP contribution in [0.15, 0.2) is 76.4 Å². The summed E-state index contributed by atoms with van der Waals surface area (Å²) in [5, 5.41) is 13.5. The van der Waals surface area contributed by atoms with E-state index in [9.17, 15) is 4.79 Å². The summed E-state index contributed by atoms with van der Waals surface area (Å²) in [5.41, 5.74) is 2.76. The molecule has 4 aromatic rings. The van der Waals surface area contributed by atoms with Gasteiger partial charge in [0.1, 0.15) is 0 Å². The Labute approximate surface area is 160 Å². The fourth-order valence-electron chi connectivity index (χ4n) is 2.84. The number of hydrogen-bond donors (Lipinski definition) is 1. The van der Waals surface area contributed by atoms with Crippen LogP contribution in [0.25, 0.3) is 22.2 Å². The summed E-state index contributed by atoms with van der Waals surface area (Å²) in [5.74, 6) is 0.538. The molecule has 1 heterocycles. The molecule has 0 atom stereocenters. The van der Waals surface area contributed by atoms with E-state index in [0.717, 1.165) is 27.6 Å². The molecular formula is C21H17N3O2S. The Bertz CT molecular complexity index is 1100. The number of carbonyl (C=O) groups is 1. The van der Waals surface area contributed by atoms with Gasteiger partial charge in [0.25, 0.3) is 5.22 Å². The van der Waals surface area contributed by atoms with Crippen molar-refractivity contribution in [2.24, 2.45) is 0 Å². The van der Waals surface area contributed by atoms with Crippen molar-refractivity contribution in [3.63, 3.8) is 0 Å². The summed E-state index contributed by atoms with van der Waals surface area (Å²) in [6.07, 6.45) is 0. The Balaban J connectivity index is 1.42. The quantitative estimate of drug-likeness (QED) is 0.501. The molecule has 0 unspecified atom stereocenters. The van der Waals surface area contributed by atoms with Gasteiger partial charge in [-0.05, 0) is 30.0 Å². The van der Waals surface area contributed by atoms with E-state index in [-0.39, 0.29) is 11.7 Å². The van der Waals surface area contributed by atoms with Crippen molar-refractivity contribution in [3.8, 4) is 11.5 Å². The number of anilines is 1. The molecule has 27 heavy (non-hydrogen) atoms. The van der Waals surface area contributed by atoms with Crippen LogP contribution in [-0.4, -0.2) is 21.9 Å². The molecule has 1 amide bonds. The smallest absolute Gasteiger partial charge is 0.277 e. The zero-order chi connectivity index (χ0) is 18.6. The first-order chi connectivity index (χ1) is 13.2. The maximum atomic E-state index is 12.3. The highest BCUT2D eigenvalue weighted by atomic mass is 32.2. The monoisotopic (exact) mass is 375 g/mol. The van der Waals surface area contributed by atoms with Crippen molar-refractivity contribution in [2.45, 2.75) is 12.1 Å². The van der Waals surface area contributed by atoms with Crippen molar-refractivity contribution in [2.75, 3.05) is 11.1 Å². The number of aromatic nitrogens is 2. The van der Waals surface area contributed by atoms with Gasteiger partial charge in [0.2, 0.25) is 11.8 Å². The Morgan fingerprint density at radius 3 is 2.67 bits per heavy atom. The van der Waals surface area contributed by atoms with Gasteiger partial charge < -0.3 is 9.73 Å². The number of thioether (sulfide) groups is 1. The van der Waals surface area contributed by atoms with Gasteiger partial charge in [-0.1, -0.05) is 66.4 Å². The average molecular weight is 375 g/mol. The summed E-state index contributed by atoms with van der Waals surface area (Å²) in [6, 6.07) is 21.6. The molecule has 0 aliphatic heterocycles. The number of rotatable bonds is 5. The lowest BCUT2D eigenvalue weighted by Crippen LogP contribution is -2.14. The number of amides is 1. The van der Waals surface area contributed by atoms with Crippen molar-refractivity contribution in [1.82, 2.24) is 10.2 Å². The van der Waals surface area contributed by atoms with Crippen LogP contribution in [0.1, 0.15) is 5.56 Å². The van der Waals surface area contributed by atoms with Gasteiger partial charge in [0.05, 0.1) is 5.75 Å². The Morgan fingerprint density at radius 2 is 1.78 bits per heavy atom. The van der Waals surface area contributed by atoms with E-state index >= 15 is 0 Å². The second kappa shape index (κ2) is 7.63. The van der Waals surface area contributed by atoms with Crippen LogP contribution < -0.4 is 5.32 Å². The SMILES string of the molecule is Cc1ccccc1-c1nnc(SCC(=O)Nc2cccc3ccccc23)o1. The molecule has 4 rings (SSSR count). The first kappa shape index (κ1) is 17.3. The normalized spacial score (nSPS) is 10.9. The maximum Gasteiger partial charge on any atom is 0.277 e. The molecule has 6 heteroatoms. The molecule has 1 aromatic heterocycles. The molecular weight excluding hydrogens is 358 g/mol. The average Bonchev–Trinajstić information content (AvgIpc) is 3.16. The van der Waals surface area contributed by atoms with Crippen LogP contribution in [0.5, 0.6) is 0 Å². The highest BCUT2D eigenvalue weighted by molar-refractivity contribution is 7.99. The summed E-state index contributed by atoms with van der Waals surface area (Å²) in [4.78, 5) is 12.3. The largest absolute Gasteiger partial charge is 0.411 e. The lowest BCUT2D eigenvalue weighted by atomic mass is 10.1. The minimum Gasteiger partial charge on any atom is -0.411 e. The maximum absolute atomic E-state index is 12.3. The molecule has 0 fully saturated rings. The Hall–Kier alpha value is -3.12. The Kier molecular flexibility index (Phi) is 4.89. The Morgan fingerprint density at radius 1 is 1.00 bits per heavy atom. The van der Waals surface area contributed by atoms with E-state index in [1.165, 1.54) is 11.8 Å². The van der Waals surface area contributed by atoms with E-state index in [1.54, 1.807) is 0 Å². The van der Waals surface area contributed by atoms with E-state index in [2.05, 4.69) is 15.5 Å². The third kappa shape index (κ3) is 3.85. The number of fused-ring (bicyclic) bond motifs is 1. The summed E-state index contributed by atoms with van der Waals surface area (Å²) >= 11 is 1.22. The molecule has 5 nitrogen and oxygen atoms in total. The van der Waals surface area contributed by atoms with Gasteiger partial charge >= 0.3 is 0 Å². The highest BCUT2D eigenvalue weighted by Crippen LogP contribution is 2.26. The topological polar surface area (TPSA) is 68.0 Å². The number of nitrogens with one attached hydrogen (secondary N) is 1. The molecule has 0 saturated carbocycles. The number of benzene rings is 3. The predicted octanol–water partition coefficient (Wildman–Crippen LogP) is 4.93. The van der Waals surface area contributed by atoms with Crippen LogP contribution in [0, 0.1) is 6.92 Å². The molecule has 0 aliphatic rings. The predicted molar refractivity (Wildman–Crippen MR) is 108 cm³/mol. The van der Waals surface area contributed by atoms with Crippen molar-refractivity contribution < 1.29 is 9.21 Å². The van der Waals surface area contributed by atoms with E-state index < -0.39 is 0 Å². The van der Waals surface area contributed by atoms with E-state index in [4.69, 9.17) is 4.42 Å². The molecule has 3 aromatic carbocycles. The van der Waals surface area contributed by atoms with Crippen LogP contribution in [0.4, 0.5) is 5.69 Å². The fraction of sp³-hybridized carbons (Fsp3) is 0.0952. The first-order valence-electron chi connectivity index (χ1n) is 8.50. The third-order valence-electron chi connectivity index (χ3n) is 4.17. The van der Waals surface area contributed by atoms with E-state index in [0.29, 0.717) is 11.1 Å². The van der Waals surface area contributed by atoms with Gasteiger partial charge in [-0.25, -0.2) is 0 Å². The second-order valence-corrected chi connectivity index (χ2v) is 6.98. The van der Waals surface area contributed by atoms with Crippen LogP contribution >= 0.6 is 11.8 Å². The summed E-state index contributed by atoms with van der Waals surface area (Å²) in [7, 11) is 0. The van der Waals surface area contributed by atoms with E-state index in [1.807, 2.05) is 73.7 Å². The van der Waals surface area contributed by atoms with Gasteiger partial charge in [-0.2, -0.15) is 0 Å². The lowest BCUT2D eigenvalue weighted by molar-refractivity contribution is -0.113. The minimum absolute atomic E-state index is 0.119. The number of nitrogens with zero attached hydrogens (tertiary/aromatic N) is 2. The second-order valence-electron chi connectivity index (χ2n) is 6.05. The molecule has 0 radical (unpaired) electrons. The van der Waals surface area contributed by atoms with Gasteiger partial charge in [0, 0.05) is 16.6 Å². The van der Waals surface area contributed by atoms with Crippen molar-refractivity contribution >= 4 is 34.1 Å². The molecule has 0 bridgehead atoms. The van der Waals surface area contributed by atoms with Crippen molar-refractivity contribution in [3.05, 3.63) is 72.3 Å². The van der Waals surface area contributed by atoms with Crippen LogP contribution in [0.2, 0.25) is 0 Å². The summed E-state index contributed by atoms with van der Waals surface area (Å²) < 4.78 is 5.68. The first-order valence-corrected chi connectivity index (χ1v) is 9.49. The van der Waals surface area contributed by atoms with Crippen LogP contribution in [0.3, 0.4) is 0 Å². The van der Waals surface area contributed by atoms with Gasteiger partial charge in [-0.3, -0.25) is 4.79 Å². The molecule has 0 aliphatic carbocycles. The van der Waals surface area contributed by atoms with Gasteiger partial charge in [-0.15, -0.1) is 10.2 Å². The zero-order valence-corrected chi connectivity index (χ0v) is 15.5. The highest BCUT2D eigenvalue weighted by Gasteiger charge is 2.13. The molecule has 0 spiro atoms. The lowest BCUT2D eigenvalue weighted by Gasteiger charge is -2.07. The standard InChI is InChI=1S/C21H17N3O2S/c1-14-7-2-4-10-16(14)20-23-24-21(26-20)27-13-19(25)22-18-12-6-9-15-8-3-5-11-17(15)18/h2-12H,13H2,1H3,(H,22,25). The van der Waals surface area contributed by atoms with Crippen molar-refractivity contribution in [1.29, 1.82) is 0 Å². The molecule has 0 saturated heterocycles. The number of carbonyl (C=O) groups excluding carboxylic acids is 1. The molecule has 1 N–H and O–H groups in total. The summed E-state index contributed by atoms with van der Waals surface area (Å²) in [6.45, 7) is 1.99. The molecule has 134 valence electrons. The fourth-order valence-corrected chi connectivity index (χ4v) is 3.40. The third-order valence-corrected chi connectivity index (χ3v) is 4.99. The number of hydrogen-bond acceptors (Lipinski definition) is 5. The minimum atomic E-state index is -0.119.